The summed E-state index contributed by atoms with van der Waals surface area (Å²) in [5.41, 5.74) is 0.658. The molecule has 0 N–H and O–H groups in total. The molecule has 0 aliphatic carbocycles. The Bertz CT molecular complexity index is 981. The smallest absolute Gasteiger partial charge is 0.338 e. The second-order valence-corrected chi connectivity index (χ2v) is 9.10. The van der Waals surface area contributed by atoms with Crippen LogP contribution in [0.25, 0.3) is 0 Å². The highest BCUT2D eigenvalue weighted by molar-refractivity contribution is 7.89. The van der Waals surface area contributed by atoms with E-state index in [9.17, 15) is 22.4 Å². The predicted octanol–water partition coefficient (Wildman–Crippen LogP) is 3.82. The van der Waals surface area contributed by atoms with Gasteiger partial charge in [0.25, 0.3) is 0 Å². The zero-order valence-electron chi connectivity index (χ0n) is 16.6. The molecule has 0 unspecified atom stereocenters. The number of sulfonamides is 1. The van der Waals surface area contributed by atoms with Crippen LogP contribution >= 0.6 is 0 Å². The van der Waals surface area contributed by atoms with Gasteiger partial charge in [0.1, 0.15) is 5.82 Å². The quantitative estimate of drug-likeness (QED) is 0.359. The van der Waals surface area contributed by atoms with Gasteiger partial charge in [-0.1, -0.05) is 6.42 Å². The molecule has 160 valence electrons. The van der Waals surface area contributed by atoms with Crippen molar-refractivity contribution in [2.75, 3.05) is 19.7 Å². The fourth-order valence-corrected chi connectivity index (χ4v) is 4.80. The fraction of sp³-hybridized carbons (Fsp3) is 0.364. The van der Waals surface area contributed by atoms with E-state index in [0.717, 1.165) is 19.3 Å². The molecule has 0 atom stereocenters. The molecule has 1 aliphatic rings. The third-order valence-corrected chi connectivity index (χ3v) is 6.90. The van der Waals surface area contributed by atoms with Gasteiger partial charge >= 0.3 is 5.97 Å². The van der Waals surface area contributed by atoms with Crippen LogP contribution in [-0.2, 0) is 14.8 Å². The highest BCUT2D eigenvalue weighted by Gasteiger charge is 2.26. The molecule has 1 heterocycles. The number of halogens is 1. The molecule has 1 aliphatic heterocycles. The van der Waals surface area contributed by atoms with Gasteiger partial charge in [-0.15, -0.1) is 0 Å². The number of ketones is 1. The van der Waals surface area contributed by atoms with Gasteiger partial charge in [-0.3, -0.25) is 4.79 Å². The topological polar surface area (TPSA) is 80.8 Å². The SMILES string of the molecule is O=C(CCCOC(=O)c1ccc(S(=O)(=O)N2CCCCC2)cc1)c1ccc(F)cc1. The molecule has 8 heteroatoms. The van der Waals surface area contributed by atoms with E-state index in [4.69, 9.17) is 4.74 Å². The molecule has 0 radical (unpaired) electrons. The third kappa shape index (κ3) is 5.52. The van der Waals surface area contributed by atoms with Crippen molar-refractivity contribution in [2.24, 2.45) is 0 Å². The number of benzene rings is 2. The van der Waals surface area contributed by atoms with Gasteiger partial charge in [0.05, 0.1) is 17.1 Å². The van der Waals surface area contributed by atoms with Gasteiger partial charge in [0.15, 0.2) is 5.78 Å². The molecule has 2 aromatic rings. The van der Waals surface area contributed by atoms with Crippen LogP contribution in [0.15, 0.2) is 53.4 Å². The summed E-state index contributed by atoms with van der Waals surface area (Å²) in [5.74, 6) is -1.14. The number of rotatable bonds is 8. The van der Waals surface area contributed by atoms with Crippen LogP contribution in [0, 0.1) is 5.82 Å². The molecule has 0 amide bonds. The predicted molar refractivity (Wildman–Crippen MR) is 109 cm³/mol. The van der Waals surface area contributed by atoms with Crippen molar-refractivity contribution in [3.63, 3.8) is 0 Å². The molecular weight excluding hydrogens is 409 g/mol. The molecule has 3 rings (SSSR count). The van der Waals surface area contributed by atoms with Crippen LogP contribution in [-0.4, -0.2) is 44.2 Å². The summed E-state index contributed by atoms with van der Waals surface area (Å²) in [6.07, 6.45) is 3.25. The Morgan fingerprint density at radius 3 is 2.13 bits per heavy atom. The van der Waals surface area contributed by atoms with Crippen molar-refractivity contribution in [1.29, 1.82) is 0 Å². The lowest BCUT2D eigenvalue weighted by Crippen LogP contribution is -2.35. The van der Waals surface area contributed by atoms with Crippen LogP contribution in [0.5, 0.6) is 0 Å². The first-order valence-electron chi connectivity index (χ1n) is 9.94. The normalized spacial score (nSPS) is 15.0. The first-order chi connectivity index (χ1) is 14.4. The van der Waals surface area contributed by atoms with Crippen LogP contribution in [0.3, 0.4) is 0 Å². The number of carbonyl (C=O) groups is 2. The Hall–Kier alpha value is -2.58. The van der Waals surface area contributed by atoms with Gasteiger partial charge in [-0.2, -0.15) is 4.31 Å². The summed E-state index contributed by atoms with van der Waals surface area (Å²) in [5, 5.41) is 0. The minimum absolute atomic E-state index is 0.0552. The van der Waals surface area contributed by atoms with Crippen molar-refractivity contribution in [1.82, 2.24) is 4.31 Å². The molecule has 0 spiro atoms. The van der Waals surface area contributed by atoms with E-state index in [-0.39, 0.29) is 29.3 Å². The molecule has 2 aromatic carbocycles. The van der Waals surface area contributed by atoms with Crippen molar-refractivity contribution in [3.8, 4) is 0 Å². The lowest BCUT2D eigenvalue weighted by Gasteiger charge is -2.25. The summed E-state index contributed by atoms with van der Waals surface area (Å²) in [6.45, 7) is 1.09. The number of piperidine rings is 1. The van der Waals surface area contributed by atoms with Gasteiger partial charge in [-0.25, -0.2) is 17.6 Å². The average Bonchev–Trinajstić information content (AvgIpc) is 2.77. The van der Waals surface area contributed by atoms with E-state index in [2.05, 4.69) is 0 Å². The number of Topliss-reactive ketones (excluding diaryl/α,β-unsaturated/α-hetero) is 1. The lowest BCUT2D eigenvalue weighted by molar-refractivity contribution is 0.0494. The first-order valence-corrected chi connectivity index (χ1v) is 11.4. The lowest BCUT2D eigenvalue weighted by atomic mass is 10.1. The van der Waals surface area contributed by atoms with Crippen molar-refractivity contribution >= 4 is 21.8 Å². The van der Waals surface area contributed by atoms with E-state index in [1.807, 2.05) is 0 Å². The largest absolute Gasteiger partial charge is 0.462 e. The zero-order valence-corrected chi connectivity index (χ0v) is 17.4. The monoisotopic (exact) mass is 433 g/mol. The highest BCUT2D eigenvalue weighted by Crippen LogP contribution is 2.21. The standard InChI is InChI=1S/C22H24FNO5S/c23-19-10-6-17(7-11-19)21(25)5-4-16-29-22(26)18-8-12-20(13-9-18)30(27,28)24-14-2-1-3-15-24/h6-13H,1-5,14-16H2. The molecule has 30 heavy (non-hydrogen) atoms. The van der Waals surface area contributed by atoms with Gasteiger partial charge in [-0.05, 0) is 67.8 Å². The summed E-state index contributed by atoms with van der Waals surface area (Å²) in [6, 6.07) is 11.0. The second-order valence-electron chi connectivity index (χ2n) is 7.16. The van der Waals surface area contributed by atoms with Gasteiger partial charge in [0.2, 0.25) is 10.0 Å². The van der Waals surface area contributed by atoms with E-state index in [1.54, 1.807) is 0 Å². The third-order valence-electron chi connectivity index (χ3n) is 4.99. The number of nitrogens with zero attached hydrogens (tertiary/aromatic N) is 1. The molecule has 0 bridgehead atoms. The molecule has 1 fully saturated rings. The Morgan fingerprint density at radius 2 is 1.50 bits per heavy atom. The summed E-state index contributed by atoms with van der Waals surface area (Å²) in [4.78, 5) is 24.3. The molecular formula is C22H24FNO5S. The number of carbonyl (C=O) groups excluding carboxylic acids is 2. The summed E-state index contributed by atoms with van der Waals surface area (Å²) in [7, 11) is -3.54. The molecule has 1 saturated heterocycles. The van der Waals surface area contributed by atoms with E-state index in [0.29, 0.717) is 25.1 Å². The van der Waals surface area contributed by atoms with Crippen LogP contribution in [0.2, 0.25) is 0 Å². The Labute approximate surface area is 175 Å². The fourth-order valence-electron chi connectivity index (χ4n) is 3.28. The van der Waals surface area contributed by atoms with Gasteiger partial charge in [0, 0.05) is 25.1 Å². The average molecular weight is 434 g/mol. The van der Waals surface area contributed by atoms with Crippen molar-refractivity contribution < 1.29 is 27.1 Å². The molecule has 0 aromatic heterocycles. The summed E-state index contributed by atoms with van der Waals surface area (Å²) >= 11 is 0. The maximum Gasteiger partial charge on any atom is 0.338 e. The Balaban J connectivity index is 1.48. The minimum atomic E-state index is -3.54. The van der Waals surface area contributed by atoms with Crippen LogP contribution in [0.4, 0.5) is 4.39 Å². The van der Waals surface area contributed by atoms with Crippen molar-refractivity contribution in [3.05, 3.63) is 65.5 Å². The van der Waals surface area contributed by atoms with Crippen molar-refractivity contribution in [2.45, 2.75) is 37.0 Å². The zero-order chi connectivity index (χ0) is 21.6. The molecule has 6 nitrogen and oxygen atoms in total. The maximum absolute atomic E-state index is 12.9. The Kier molecular flexibility index (Phi) is 7.33. The minimum Gasteiger partial charge on any atom is -0.462 e. The number of ether oxygens (including phenoxy) is 1. The van der Waals surface area contributed by atoms with Crippen LogP contribution in [0.1, 0.15) is 52.8 Å². The molecule has 0 saturated carbocycles. The second kappa shape index (κ2) is 9.95. The van der Waals surface area contributed by atoms with Gasteiger partial charge < -0.3 is 4.74 Å². The Morgan fingerprint density at radius 1 is 0.900 bits per heavy atom. The summed E-state index contributed by atoms with van der Waals surface area (Å²) < 4.78 is 44.8. The van der Waals surface area contributed by atoms with Crippen LogP contribution < -0.4 is 0 Å². The number of esters is 1. The number of hydrogen-bond acceptors (Lipinski definition) is 5. The first kappa shape index (κ1) is 22.1. The highest BCUT2D eigenvalue weighted by atomic mass is 32.2. The van der Waals surface area contributed by atoms with E-state index >= 15 is 0 Å². The number of hydrogen-bond donors (Lipinski definition) is 0. The van der Waals surface area contributed by atoms with E-state index < -0.39 is 21.8 Å². The maximum atomic E-state index is 12.9. The van der Waals surface area contributed by atoms with E-state index in [1.165, 1.54) is 52.8 Å².